The first-order valence-electron chi connectivity index (χ1n) is 7.26. The van der Waals surface area contributed by atoms with E-state index in [2.05, 4.69) is 15.3 Å². The van der Waals surface area contributed by atoms with E-state index in [1.165, 1.54) is 7.11 Å². The number of hydrogen-bond donors (Lipinski definition) is 1. The van der Waals surface area contributed by atoms with E-state index >= 15 is 0 Å². The van der Waals surface area contributed by atoms with Crippen molar-refractivity contribution in [2.24, 2.45) is 0 Å². The van der Waals surface area contributed by atoms with Crippen LogP contribution in [0.25, 0.3) is 0 Å². The van der Waals surface area contributed by atoms with Crippen LogP contribution in [0, 0.1) is 0 Å². The van der Waals surface area contributed by atoms with Gasteiger partial charge in [0.15, 0.2) is 0 Å². The van der Waals surface area contributed by atoms with Gasteiger partial charge in [-0.2, -0.15) is 0 Å². The topological polar surface area (TPSA) is 67.3 Å². The van der Waals surface area contributed by atoms with Gasteiger partial charge < -0.3 is 15.0 Å². The summed E-state index contributed by atoms with van der Waals surface area (Å²) in [5.41, 5.74) is 1.69. The molecule has 3 heterocycles. The molecule has 22 heavy (non-hydrogen) atoms. The lowest BCUT2D eigenvalue weighted by Gasteiger charge is -2.25. The highest BCUT2D eigenvalue weighted by atomic mass is 16.5. The Morgan fingerprint density at radius 3 is 2.91 bits per heavy atom. The molecule has 3 rings (SSSR count). The van der Waals surface area contributed by atoms with Crippen molar-refractivity contribution in [3.63, 3.8) is 0 Å². The third-order valence-corrected chi connectivity index (χ3v) is 3.81. The van der Waals surface area contributed by atoms with Gasteiger partial charge in [-0.1, -0.05) is 0 Å². The zero-order valence-corrected chi connectivity index (χ0v) is 12.4. The summed E-state index contributed by atoms with van der Waals surface area (Å²) in [7, 11) is 1.54. The average Bonchev–Trinajstić information content (AvgIpc) is 3.06. The predicted molar refractivity (Wildman–Crippen MR) is 82.7 cm³/mol. The maximum absolute atomic E-state index is 12.6. The van der Waals surface area contributed by atoms with Crippen molar-refractivity contribution >= 4 is 11.7 Å². The molecule has 0 spiro atoms. The average molecular weight is 298 g/mol. The molecule has 1 atom stereocenters. The van der Waals surface area contributed by atoms with Crippen molar-refractivity contribution in [3.05, 3.63) is 48.4 Å². The Morgan fingerprint density at radius 2 is 2.14 bits per heavy atom. The van der Waals surface area contributed by atoms with Crippen molar-refractivity contribution in [2.45, 2.75) is 18.9 Å². The number of carbonyl (C=O) groups excluding carboxylic acids is 1. The third kappa shape index (κ3) is 2.86. The Hall–Kier alpha value is -2.63. The zero-order chi connectivity index (χ0) is 15.4. The second-order valence-corrected chi connectivity index (χ2v) is 5.12. The van der Waals surface area contributed by atoms with Crippen molar-refractivity contribution in [1.29, 1.82) is 0 Å². The highest BCUT2D eigenvalue weighted by Crippen LogP contribution is 2.32. The maximum atomic E-state index is 12.6. The molecule has 2 aromatic heterocycles. The number of carbonyl (C=O) groups is 1. The minimum atomic E-state index is -0.134. The fourth-order valence-electron chi connectivity index (χ4n) is 2.78. The lowest BCUT2D eigenvalue weighted by atomic mass is 10.1. The molecule has 1 saturated heterocycles. The van der Waals surface area contributed by atoms with E-state index in [9.17, 15) is 4.79 Å². The second kappa shape index (κ2) is 6.43. The predicted octanol–water partition coefficient (Wildman–Crippen LogP) is 2.85. The number of aromatic nitrogens is 2. The lowest BCUT2D eigenvalue weighted by Crippen LogP contribution is -2.34. The number of urea groups is 1. The largest absolute Gasteiger partial charge is 0.480 e. The van der Waals surface area contributed by atoms with Crippen molar-refractivity contribution in [3.8, 4) is 5.88 Å². The van der Waals surface area contributed by atoms with Gasteiger partial charge in [0.1, 0.15) is 5.69 Å². The van der Waals surface area contributed by atoms with Crippen LogP contribution in [0.15, 0.2) is 42.9 Å². The first-order chi connectivity index (χ1) is 10.8. The molecule has 0 radical (unpaired) electrons. The molecule has 2 aromatic rings. The number of nitrogens with one attached hydrogen (secondary N) is 1. The van der Waals surface area contributed by atoms with E-state index in [1.807, 2.05) is 17.0 Å². The minimum absolute atomic E-state index is 0.0886. The van der Waals surface area contributed by atoms with Gasteiger partial charge in [-0.25, -0.2) is 9.78 Å². The molecule has 1 unspecified atom stereocenters. The molecule has 1 aliphatic rings. The van der Waals surface area contributed by atoms with Gasteiger partial charge in [0.05, 0.1) is 13.2 Å². The van der Waals surface area contributed by atoms with Crippen LogP contribution in [0.2, 0.25) is 0 Å². The Bertz CT molecular complexity index is 648. The van der Waals surface area contributed by atoms with Crippen LogP contribution >= 0.6 is 0 Å². The molecular weight excluding hydrogens is 280 g/mol. The summed E-state index contributed by atoms with van der Waals surface area (Å²) in [5.74, 6) is 0.413. The SMILES string of the molecule is COc1ncccc1NC(=O)N1CCCC1c1ccncc1. The van der Waals surface area contributed by atoms with Gasteiger partial charge in [-0.3, -0.25) is 4.98 Å². The Morgan fingerprint density at radius 1 is 1.32 bits per heavy atom. The molecule has 0 aromatic carbocycles. The van der Waals surface area contributed by atoms with Gasteiger partial charge in [0.2, 0.25) is 5.88 Å². The standard InChI is InChI=1S/C16H18N4O2/c1-22-15-13(4-2-8-18-15)19-16(21)20-11-3-5-14(20)12-6-9-17-10-7-12/h2,4,6-10,14H,3,5,11H2,1H3,(H,19,21). The molecule has 1 aliphatic heterocycles. The Kier molecular flexibility index (Phi) is 4.18. The Balaban J connectivity index is 1.77. The summed E-state index contributed by atoms with van der Waals surface area (Å²) in [4.78, 5) is 22.6. The van der Waals surface area contributed by atoms with E-state index < -0.39 is 0 Å². The Labute approximate surface area is 129 Å². The van der Waals surface area contributed by atoms with Gasteiger partial charge >= 0.3 is 6.03 Å². The van der Waals surface area contributed by atoms with Crippen molar-refractivity contribution in [2.75, 3.05) is 19.0 Å². The number of nitrogens with zero attached hydrogens (tertiary/aromatic N) is 3. The summed E-state index contributed by atoms with van der Waals surface area (Å²) in [6.45, 7) is 0.738. The van der Waals surface area contributed by atoms with Crippen LogP contribution in [0.4, 0.5) is 10.5 Å². The summed E-state index contributed by atoms with van der Waals surface area (Å²) in [5, 5.41) is 2.89. The highest BCUT2D eigenvalue weighted by molar-refractivity contribution is 5.91. The number of anilines is 1. The van der Waals surface area contributed by atoms with Gasteiger partial charge in [0.25, 0.3) is 0 Å². The molecule has 0 aliphatic carbocycles. The van der Waals surface area contributed by atoms with Gasteiger partial charge in [-0.15, -0.1) is 0 Å². The summed E-state index contributed by atoms with van der Waals surface area (Å²) < 4.78 is 5.17. The number of likely N-dealkylation sites (tertiary alicyclic amines) is 1. The molecule has 0 saturated carbocycles. The fourth-order valence-corrected chi connectivity index (χ4v) is 2.78. The highest BCUT2D eigenvalue weighted by Gasteiger charge is 2.30. The summed E-state index contributed by atoms with van der Waals surface area (Å²) in [6, 6.07) is 7.42. The molecule has 1 fully saturated rings. The third-order valence-electron chi connectivity index (χ3n) is 3.81. The number of amides is 2. The number of rotatable bonds is 3. The van der Waals surface area contributed by atoms with E-state index in [0.717, 1.165) is 24.9 Å². The van der Waals surface area contributed by atoms with Crippen molar-refractivity contribution in [1.82, 2.24) is 14.9 Å². The molecule has 1 N–H and O–H groups in total. The first kappa shape index (κ1) is 14.3. The van der Waals surface area contributed by atoms with Crippen LogP contribution in [0.5, 0.6) is 5.88 Å². The van der Waals surface area contributed by atoms with E-state index in [-0.39, 0.29) is 12.1 Å². The molecule has 2 amide bonds. The number of hydrogen-bond acceptors (Lipinski definition) is 4. The van der Waals surface area contributed by atoms with Crippen LogP contribution in [0.1, 0.15) is 24.4 Å². The van der Waals surface area contributed by atoms with Crippen molar-refractivity contribution < 1.29 is 9.53 Å². The molecular formula is C16H18N4O2. The van der Waals surface area contributed by atoms with Gasteiger partial charge in [0, 0.05) is 25.1 Å². The normalized spacial score (nSPS) is 17.3. The second-order valence-electron chi connectivity index (χ2n) is 5.12. The number of pyridine rings is 2. The lowest BCUT2D eigenvalue weighted by molar-refractivity contribution is 0.207. The fraction of sp³-hybridized carbons (Fsp3) is 0.312. The summed E-state index contributed by atoms with van der Waals surface area (Å²) in [6.07, 6.45) is 7.10. The van der Waals surface area contributed by atoms with Crippen LogP contribution < -0.4 is 10.1 Å². The first-order valence-corrected chi connectivity index (χ1v) is 7.26. The monoisotopic (exact) mass is 298 g/mol. The molecule has 6 nitrogen and oxygen atoms in total. The maximum Gasteiger partial charge on any atom is 0.322 e. The van der Waals surface area contributed by atoms with Crippen LogP contribution in [0.3, 0.4) is 0 Å². The van der Waals surface area contributed by atoms with Crippen LogP contribution in [-0.4, -0.2) is 34.6 Å². The van der Waals surface area contributed by atoms with E-state index in [0.29, 0.717) is 11.6 Å². The van der Waals surface area contributed by atoms with E-state index in [1.54, 1.807) is 30.7 Å². The molecule has 114 valence electrons. The molecule has 6 heteroatoms. The summed E-state index contributed by atoms with van der Waals surface area (Å²) >= 11 is 0. The van der Waals surface area contributed by atoms with Gasteiger partial charge in [-0.05, 0) is 42.7 Å². The number of ether oxygens (including phenoxy) is 1. The quantitative estimate of drug-likeness (QED) is 0.946. The smallest absolute Gasteiger partial charge is 0.322 e. The molecule has 0 bridgehead atoms. The minimum Gasteiger partial charge on any atom is -0.480 e. The number of methoxy groups -OCH3 is 1. The van der Waals surface area contributed by atoms with Crippen LogP contribution in [-0.2, 0) is 0 Å². The van der Waals surface area contributed by atoms with E-state index in [4.69, 9.17) is 4.74 Å². The zero-order valence-electron chi connectivity index (χ0n) is 12.4.